The first-order valence-electron chi connectivity index (χ1n) is 10.5. The summed E-state index contributed by atoms with van der Waals surface area (Å²) in [5.41, 5.74) is 4.03. The number of hydrogen-bond donors (Lipinski definition) is 0. The van der Waals surface area contributed by atoms with Crippen LogP contribution in [0.5, 0.6) is 0 Å². The molecule has 152 valence electrons. The third kappa shape index (κ3) is 2.99. The average Bonchev–Trinajstić information content (AvgIpc) is 2.83. The van der Waals surface area contributed by atoms with Crippen molar-refractivity contribution in [3.8, 4) is 0 Å². The van der Waals surface area contributed by atoms with Gasteiger partial charge in [0.15, 0.2) is 5.70 Å². The van der Waals surface area contributed by atoms with Gasteiger partial charge in [0.2, 0.25) is 10.9 Å². The van der Waals surface area contributed by atoms with Gasteiger partial charge in [0.25, 0.3) is 0 Å². The molecule has 0 unspecified atom stereocenters. The lowest BCUT2D eigenvalue weighted by Crippen LogP contribution is -2.61. The number of rotatable bonds is 5. The van der Waals surface area contributed by atoms with Crippen LogP contribution in [0.1, 0.15) is 30.0 Å². The molecule has 3 heteroatoms. The van der Waals surface area contributed by atoms with Gasteiger partial charge in [0.05, 0.1) is 4.47 Å². The van der Waals surface area contributed by atoms with Crippen LogP contribution in [0, 0.1) is 5.82 Å². The maximum atomic E-state index is 14.7. The van der Waals surface area contributed by atoms with Gasteiger partial charge in [0.1, 0.15) is 11.0 Å². The molecular formula is C28H22BrFN+. The fraction of sp³-hybridized carbons (Fsp3) is 0.107. The van der Waals surface area contributed by atoms with Crippen molar-refractivity contribution in [2.24, 2.45) is 0 Å². The van der Waals surface area contributed by atoms with Gasteiger partial charge in [0, 0.05) is 29.2 Å². The van der Waals surface area contributed by atoms with Crippen molar-refractivity contribution in [3.63, 3.8) is 0 Å². The van der Waals surface area contributed by atoms with E-state index in [2.05, 4.69) is 100 Å². The van der Waals surface area contributed by atoms with Crippen LogP contribution in [0.2, 0.25) is 0 Å². The van der Waals surface area contributed by atoms with Crippen molar-refractivity contribution < 1.29 is 4.39 Å². The second kappa shape index (κ2) is 7.90. The van der Waals surface area contributed by atoms with E-state index in [-0.39, 0.29) is 5.82 Å². The van der Waals surface area contributed by atoms with Gasteiger partial charge in [-0.25, -0.2) is 4.39 Å². The minimum atomic E-state index is -0.609. The van der Waals surface area contributed by atoms with Gasteiger partial charge < -0.3 is 0 Å². The first-order valence-corrected chi connectivity index (χ1v) is 11.3. The first kappa shape index (κ1) is 19.9. The van der Waals surface area contributed by atoms with Crippen LogP contribution in [0.3, 0.4) is 0 Å². The zero-order chi connectivity index (χ0) is 21.4. The molecule has 0 saturated heterocycles. The van der Waals surface area contributed by atoms with E-state index in [1.165, 1.54) is 5.70 Å². The maximum Gasteiger partial charge on any atom is 0.244 e. The van der Waals surface area contributed by atoms with E-state index in [0.29, 0.717) is 4.47 Å². The highest BCUT2D eigenvalue weighted by Crippen LogP contribution is 2.41. The fourth-order valence-corrected chi connectivity index (χ4v) is 5.17. The summed E-state index contributed by atoms with van der Waals surface area (Å²) in [6.07, 6.45) is 0.847. The normalized spacial score (nSPS) is 13.0. The van der Waals surface area contributed by atoms with Crippen LogP contribution in [-0.4, -0.2) is 0 Å². The molecule has 0 radical (unpaired) electrons. The Morgan fingerprint density at radius 2 is 1.19 bits per heavy atom. The number of benzene rings is 4. The molecule has 0 fully saturated rings. The Morgan fingerprint density at radius 3 is 1.61 bits per heavy atom. The number of hydrogen-bond acceptors (Lipinski definition) is 0. The molecule has 0 spiro atoms. The van der Waals surface area contributed by atoms with E-state index in [9.17, 15) is 4.39 Å². The molecule has 0 aliphatic carbocycles. The zero-order valence-electron chi connectivity index (χ0n) is 17.2. The molecule has 4 aromatic carbocycles. The molecule has 0 saturated carbocycles. The molecule has 0 bridgehead atoms. The van der Waals surface area contributed by atoms with Crippen LogP contribution < -0.4 is 15.2 Å². The summed E-state index contributed by atoms with van der Waals surface area (Å²) in [6, 6.07) is 35.1. The van der Waals surface area contributed by atoms with E-state index in [0.717, 1.165) is 33.7 Å². The second-order valence-electron chi connectivity index (χ2n) is 7.73. The SMILES string of the molecule is CCC1=c2cc(Br)c(F)cc2=[N+]1C(c1ccccc1)(c1ccccc1)c1ccccc1. The van der Waals surface area contributed by atoms with Crippen LogP contribution in [0.4, 0.5) is 4.39 Å². The number of nitrogens with zero attached hydrogens (tertiary/aromatic N) is 1. The van der Waals surface area contributed by atoms with Crippen LogP contribution in [0.15, 0.2) is 108 Å². The van der Waals surface area contributed by atoms with E-state index in [4.69, 9.17) is 0 Å². The van der Waals surface area contributed by atoms with E-state index in [1.807, 2.05) is 24.3 Å². The predicted octanol–water partition coefficient (Wildman–Crippen LogP) is 5.60. The third-order valence-corrected chi connectivity index (χ3v) is 6.71. The summed E-state index contributed by atoms with van der Waals surface area (Å²) in [5.74, 6) is -0.248. The summed E-state index contributed by atoms with van der Waals surface area (Å²) in [6.45, 7) is 2.16. The lowest BCUT2D eigenvalue weighted by molar-refractivity contribution is 0.451. The minimum Gasteiger partial charge on any atom is -0.205 e. The highest BCUT2D eigenvalue weighted by Gasteiger charge is 2.51. The van der Waals surface area contributed by atoms with Crippen molar-refractivity contribution >= 4 is 21.6 Å². The lowest BCUT2D eigenvalue weighted by Gasteiger charge is -2.35. The number of fused-ring (bicyclic) bond motifs is 1. The summed E-state index contributed by atoms with van der Waals surface area (Å²) >= 11 is 3.37. The zero-order valence-corrected chi connectivity index (χ0v) is 18.8. The Labute approximate surface area is 190 Å². The van der Waals surface area contributed by atoms with Crippen molar-refractivity contribution in [3.05, 3.63) is 141 Å². The Morgan fingerprint density at radius 1 is 0.742 bits per heavy atom. The summed E-state index contributed by atoms with van der Waals surface area (Å²) in [4.78, 5) is 0. The quantitative estimate of drug-likeness (QED) is 0.263. The Kier molecular flexibility index (Phi) is 5.07. The van der Waals surface area contributed by atoms with E-state index in [1.54, 1.807) is 6.07 Å². The molecule has 1 aliphatic rings. The van der Waals surface area contributed by atoms with E-state index >= 15 is 0 Å². The van der Waals surface area contributed by atoms with Gasteiger partial charge >= 0.3 is 0 Å². The Bertz CT molecular complexity index is 1270. The first-order chi connectivity index (χ1) is 15.2. The van der Waals surface area contributed by atoms with Gasteiger partial charge in [-0.05, 0) is 22.0 Å². The highest BCUT2D eigenvalue weighted by atomic mass is 79.9. The standard InChI is InChI=1S/C28H22BrFN/c1-2-26-23-18-24(29)25(30)19-27(23)31(26)28(20-12-6-3-7-13-20,21-14-8-4-9-15-21)22-16-10-5-11-17-22/h3-19H,2H2,1H3/q+1. The summed E-state index contributed by atoms with van der Waals surface area (Å²) < 4.78 is 17.5. The van der Waals surface area contributed by atoms with Crippen molar-refractivity contribution in [1.82, 2.24) is 4.58 Å². The topological polar surface area (TPSA) is 3.01 Å². The molecule has 0 atom stereocenters. The lowest BCUT2D eigenvalue weighted by atomic mass is 9.75. The smallest absolute Gasteiger partial charge is 0.205 e. The Hall–Kier alpha value is -3.04. The largest absolute Gasteiger partial charge is 0.244 e. The molecule has 1 heterocycles. The van der Waals surface area contributed by atoms with Gasteiger partial charge in [-0.1, -0.05) is 97.9 Å². The van der Waals surface area contributed by atoms with Crippen molar-refractivity contribution in [2.45, 2.75) is 18.9 Å². The molecule has 4 aromatic rings. The van der Waals surface area contributed by atoms with E-state index < -0.39 is 5.54 Å². The molecule has 1 aliphatic heterocycles. The van der Waals surface area contributed by atoms with Gasteiger partial charge in [-0.2, -0.15) is 4.58 Å². The fourth-order valence-electron chi connectivity index (χ4n) is 4.82. The molecule has 5 rings (SSSR count). The third-order valence-electron chi connectivity index (χ3n) is 6.11. The van der Waals surface area contributed by atoms with Gasteiger partial charge in [-0.3, -0.25) is 0 Å². The highest BCUT2D eigenvalue weighted by molar-refractivity contribution is 9.10. The molecule has 1 nitrogen and oxygen atoms in total. The summed E-state index contributed by atoms with van der Waals surface area (Å²) in [7, 11) is 0. The van der Waals surface area contributed by atoms with Crippen LogP contribution >= 0.6 is 15.9 Å². The van der Waals surface area contributed by atoms with Crippen LogP contribution in [-0.2, 0) is 5.54 Å². The van der Waals surface area contributed by atoms with Crippen LogP contribution in [0.25, 0.3) is 5.70 Å². The van der Waals surface area contributed by atoms with Gasteiger partial charge in [-0.15, -0.1) is 0 Å². The number of halogens is 2. The maximum absolute atomic E-state index is 14.7. The van der Waals surface area contributed by atoms with Crippen molar-refractivity contribution in [2.75, 3.05) is 0 Å². The predicted molar refractivity (Wildman–Crippen MR) is 127 cm³/mol. The molecule has 31 heavy (non-hydrogen) atoms. The minimum absolute atomic E-state index is 0.248. The summed E-state index contributed by atoms with van der Waals surface area (Å²) in [5, 5.41) is 2.01. The molecule has 0 aromatic heterocycles. The molecular weight excluding hydrogens is 449 g/mol. The second-order valence-corrected chi connectivity index (χ2v) is 8.58. The average molecular weight is 471 g/mol. The monoisotopic (exact) mass is 470 g/mol. The van der Waals surface area contributed by atoms with Crippen molar-refractivity contribution in [1.29, 1.82) is 0 Å². The molecule has 0 N–H and O–H groups in total. The Balaban J connectivity index is 1.99. The molecule has 0 amide bonds.